The van der Waals surface area contributed by atoms with Gasteiger partial charge in [0.15, 0.2) is 9.84 Å². The lowest BCUT2D eigenvalue weighted by Gasteiger charge is -2.05. The van der Waals surface area contributed by atoms with E-state index < -0.39 is 9.84 Å². The van der Waals surface area contributed by atoms with E-state index in [1.54, 1.807) is 0 Å². The maximum Gasteiger partial charge on any atom is 0.199 e. The van der Waals surface area contributed by atoms with Crippen LogP contribution >= 0.6 is 0 Å². The van der Waals surface area contributed by atoms with Crippen molar-refractivity contribution in [2.75, 3.05) is 19.5 Å². The highest BCUT2D eigenvalue weighted by molar-refractivity contribution is 7.94. The minimum atomic E-state index is -3.55. The van der Waals surface area contributed by atoms with E-state index in [-0.39, 0.29) is 17.2 Å². The monoisotopic (exact) mass is 243 g/mol. The molecular weight excluding hydrogens is 230 g/mol. The van der Waals surface area contributed by atoms with Crippen molar-refractivity contribution in [3.63, 3.8) is 0 Å². The SMILES string of the molecule is COc1ccc(S(=O)(=O)C=CCO)cc1N. The van der Waals surface area contributed by atoms with E-state index in [2.05, 4.69) is 0 Å². The molecule has 0 saturated carbocycles. The fourth-order valence-electron chi connectivity index (χ4n) is 1.14. The first-order chi connectivity index (χ1) is 7.51. The summed E-state index contributed by atoms with van der Waals surface area (Å²) in [6, 6.07) is 4.19. The zero-order valence-electron chi connectivity index (χ0n) is 8.75. The van der Waals surface area contributed by atoms with Gasteiger partial charge in [-0.2, -0.15) is 0 Å². The molecule has 88 valence electrons. The standard InChI is InChI=1S/C10H13NO4S/c1-15-10-4-3-8(7-9(10)11)16(13,14)6-2-5-12/h2-4,6-7,12H,5,11H2,1H3. The normalized spacial score (nSPS) is 11.9. The Morgan fingerprint density at radius 3 is 2.69 bits per heavy atom. The van der Waals surface area contributed by atoms with Crippen LogP contribution in [0.1, 0.15) is 0 Å². The summed E-state index contributed by atoms with van der Waals surface area (Å²) < 4.78 is 28.2. The molecule has 0 radical (unpaired) electrons. The summed E-state index contributed by atoms with van der Waals surface area (Å²) in [6.07, 6.45) is 1.15. The summed E-state index contributed by atoms with van der Waals surface area (Å²) in [5.74, 6) is 0.421. The van der Waals surface area contributed by atoms with E-state index >= 15 is 0 Å². The zero-order valence-corrected chi connectivity index (χ0v) is 9.57. The average molecular weight is 243 g/mol. The van der Waals surface area contributed by atoms with Crippen molar-refractivity contribution in [2.45, 2.75) is 4.90 Å². The zero-order chi connectivity index (χ0) is 12.2. The van der Waals surface area contributed by atoms with E-state index in [4.69, 9.17) is 15.6 Å². The van der Waals surface area contributed by atoms with Crippen LogP contribution in [0, 0.1) is 0 Å². The van der Waals surface area contributed by atoms with Crippen LogP contribution < -0.4 is 10.5 Å². The van der Waals surface area contributed by atoms with Crippen molar-refractivity contribution in [3.05, 3.63) is 29.7 Å². The molecule has 0 unspecified atom stereocenters. The highest BCUT2D eigenvalue weighted by atomic mass is 32.2. The van der Waals surface area contributed by atoms with Gasteiger partial charge in [0.05, 0.1) is 24.3 Å². The first-order valence-corrected chi connectivity index (χ1v) is 6.02. The van der Waals surface area contributed by atoms with Gasteiger partial charge in [-0.15, -0.1) is 0 Å². The number of aliphatic hydroxyl groups is 1. The Labute approximate surface area is 94.1 Å². The highest BCUT2D eigenvalue weighted by Gasteiger charge is 2.12. The van der Waals surface area contributed by atoms with Crippen LogP contribution in [0.3, 0.4) is 0 Å². The molecule has 5 nitrogen and oxygen atoms in total. The van der Waals surface area contributed by atoms with Crippen molar-refractivity contribution >= 4 is 15.5 Å². The summed E-state index contributed by atoms with van der Waals surface area (Å²) in [5, 5.41) is 9.46. The Morgan fingerprint density at radius 1 is 1.50 bits per heavy atom. The van der Waals surface area contributed by atoms with Crippen molar-refractivity contribution in [2.24, 2.45) is 0 Å². The molecule has 1 aromatic rings. The Balaban J connectivity index is 3.15. The maximum atomic E-state index is 11.6. The molecular formula is C10H13NO4S. The number of anilines is 1. The molecule has 16 heavy (non-hydrogen) atoms. The molecule has 6 heteroatoms. The molecule has 0 atom stereocenters. The van der Waals surface area contributed by atoms with E-state index in [1.807, 2.05) is 0 Å². The molecule has 0 spiro atoms. The topological polar surface area (TPSA) is 89.6 Å². The van der Waals surface area contributed by atoms with Crippen LogP contribution in [-0.4, -0.2) is 27.2 Å². The van der Waals surface area contributed by atoms with Gasteiger partial charge in [-0.05, 0) is 24.3 Å². The third kappa shape index (κ3) is 2.74. The van der Waals surface area contributed by atoms with E-state index in [9.17, 15) is 8.42 Å². The molecule has 0 aliphatic rings. The smallest absolute Gasteiger partial charge is 0.199 e. The third-order valence-corrected chi connectivity index (χ3v) is 3.37. The van der Waals surface area contributed by atoms with Gasteiger partial charge in [-0.1, -0.05) is 0 Å². The fourth-order valence-corrected chi connectivity index (χ4v) is 2.18. The van der Waals surface area contributed by atoms with Gasteiger partial charge < -0.3 is 15.6 Å². The first kappa shape index (κ1) is 12.5. The number of benzene rings is 1. The lowest BCUT2D eigenvalue weighted by atomic mass is 10.3. The number of rotatable bonds is 4. The van der Waals surface area contributed by atoms with Crippen LogP contribution in [0.2, 0.25) is 0 Å². The molecule has 0 bridgehead atoms. The minimum absolute atomic E-state index is 0.0653. The fraction of sp³-hybridized carbons (Fsp3) is 0.200. The van der Waals surface area contributed by atoms with Gasteiger partial charge >= 0.3 is 0 Å². The van der Waals surface area contributed by atoms with Gasteiger partial charge in [-0.3, -0.25) is 0 Å². The highest BCUT2D eigenvalue weighted by Crippen LogP contribution is 2.25. The van der Waals surface area contributed by atoms with Crippen molar-refractivity contribution in [3.8, 4) is 5.75 Å². The minimum Gasteiger partial charge on any atom is -0.495 e. The van der Waals surface area contributed by atoms with E-state index in [0.717, 1.165) is 11.5 Å². The Bertz CT molecular complexity index is 494. The number of hydrogen-bond donors (Lipinski definition) is 2. The number of methoxy groups -OCH3 is 1. The van der Waals surface area contributed by atoms with Crippen LogP contribution in [0.5, 0.6) is 5.75 Å². The van der Waals surface area contributed by atoms with E-state index in [1.165, 1.54) is 25.3 Å². The molecule has 0 aromatic heterocycles. The summed E-state index contributed by atoms with van der Waals surface area (Å²) in [5.41, 5.74) is 5.85. The van der Waals surface area contributed by atoms with Crippen molar-refractivity contribution < 1.29 is 18.3 Å². The maximum absolute atomic E-state index is 11.6. The number of aliphatic hydroxyl groups excluding tert-OH is 1. The lowest BCUT2D eigenvalue weighted by Crippen LogP contribution is -1.99. The summed E-state index contributed by atoms with van der Waals surface area (Å²) in [7, 11) is -2.10. The molecule has 0 saturated heterocycles. The molecule has 1 rings (SSSR count). The predicted octanol–water partition coefficient (Wildman–Crippen LogP) is 0.557. The quantitative estimate of drug-likeness (QED) is 0.754. The Hall–Kier alpha value is -1.53. The Kier molecular flexibility index (Phi) is 3.92. The summed E-state index contributed by atoms with van der Waals surface area (Å²) >= 11 is 0. The molecule has 1 aromatic carbocycles. The molecule has 0 aliphatic carbocycles. The van der Waals surface area contributed by atoms with Gasteiger partial charge in [0.2, 0.25) is 0 Å². The summed E-state index contributed by atoms with van der Waals surface area (Å²) in [4.78, 5) is 0.0653. The van der Waals surface area contributed by atoms with Gasteiger partial charge in [-0.25, -0.2) is 8.42 Å². The second-order valence-corrected chi connectivity index (χ2v) is 4.84. The third-order valence-electron chi connectivity index (χ3n) is 1.91. The van der Waals surface area contributed by atoms with Crippen molar-refractivity contribution in [1.29, 1.82) is 0 Å². The Morgan fingerprint density at radius 2 is 2.19 bits per heavy atom. The van der Waals surface area contributed by atoms with Crippen LogP contribution in [-0.2, 0) is 9.84 Å². The van der Waals surface area contributed by atoms with Crippen LogP contribution in [0.4, 0.5) is 5.69 Å². The second-order valence-electron chi connectivity index (χ2n) is 3.00. The van der Waals surface area contributed by atoms with Crippen LogP contribution in [0.15, 0.2) is 34.6 Å². The van der Waals surface area contributed by atoms with Gasteiger partial charge in [0.1, 0.15) is 5.75 Å². The van der Waals surface area contributed by atoms with Crippen LogP contribution in [0.25, 0.3) is 0 Å². The lowest BCUT2D eigenvalue weighted by molar-refractivity contribution is 0.343. The number of nitrogens with two attached hydrogens (primary N) is 1. The molecule has 3 N–H and O–H groups in total. The number of hydrogen-bond acceptors (Lipinski definition) is 5. The first-order valence-electron chi connectivity index (χ1n) is 4.47. The average Bonchev–Trinajstić information content (AvgIpc) is 2.26. The number of ether oxygens (including phenoxy) is 1. The molecule has 0 aliphatic heterocycles. The number of sulfone groups is 1. The second kappa shape index (κ2) is 5.00. The predicted molar refractivity (Wildman–Crippen MR) is 60.8 cm³/mol. The van der Waals surface area contributed by atoms with Gasteiger partial charge in [0.25, 0.3) is 0 Å². The molecule has 0 heterocycles. The molecule has 0 amide bonds. The largest absolute Gasteiger partial charge is 0.495 e. The number of nitrogen functional groups attached to an aromatic ring is 1. The summed E-state index contributed by atoms with van der Waals surface area (Å²) in [6.45, 7) is -0.329. The van der Waals surface area contributed by atoms with Crippen molar-refractivity contribution in [1.82, 2.24) is 0 Å². The van der Waals surface area contributed by atoms with Gasteiger partial charge in [0, 0.05) is 5.41 Å². The molecule has 0 fully saturated rings. The van der Waals surface area contributed by atoms with E-state index in [0.29, 0.717) is 5.75 Å².